The van der Waals surface area contributed by atoms with E-state index in [9.17, 15) is 9.90 Å². The molecule has 1 fully saturated rings. The predicted octanol–water partition coefficient (Wildman–Crippen LogP) is 0.803. The molecule has 0 bridgehead atoms. The molecule has 6 heteroatoms. The van der Waals surface area contributed by atoms with Crippen molar-refractivity contribution in [3.63, 3.8) is 0 Å². The highest BCUT2D eigenvalue weighted by Gasteiger charge is 2.24. The minimum atomic E-state index is -0.966. The van der Waals surface area contributed by atoms with E-state index >= 15 is 0 Å². The second kappa shape index (κ2) is 7.17. The van der Waals surface area contributed by atoms with Gasteiger partial charge >= 0.3 is 0 Å². The first-order valence-corrected chi connectivity index (χ1v) is 7.64. The summed E-state index contributed by atoms with van der Waals surface area (Å²) in [4.78, 5) is 18.6. The molecule has 1 aliphatic heterocycles. The maximum absolute atomic E-state index is 12.1. The zero-order valence-electron chi connectivity index (χ0n) is 13.5. The van der Waals surface area contributed by atoms with E-state index in [4.69, 9.17) is 4.74 Å². The van der Waals surface area contributed by atoms with Crippen LogP contribution in [0.4, 0.5) is 0 Å². The molecule has 122 valence electrons. The van der Waals surface area contributed by atoms with Crippen LogP contribution in [0.3, 0.4) is 0 Å². The highest BCUT2D eigenvalue weighted by molar-refractivity contribution is 5.92. The number of nitrogens with one attached hydrogen (secondary N) is 1. The summed E-state index contributed by atoms with van der Waals surface area (Å²) in [6.45, 7) is 9.29. The number of nitrogens with zero attached hydrogens (tertiary/aromatic N) is 2. The van der Waals surface area contributed by atoms with Gasteiger partial charge in [-0.15, -0.1) is 0 Å². The van der Waals surface area contributed by atoms with Gasteiger partial charge in [0.1, 0.15) is 5.69 Å². The first-order chi connectivity index (χ1) is 10.4. The van der Waals surface area contributed by atoms with Crippen molar-refractivity contribution in [1.29, 1.82) is 0 Å². The average molecular weight is 307 g/mol. The average Bonchev–Trinajstić information content (AvgIpc) is 2.48. The van der Waals surface area contributed by atoms with Gasteiger partial charge in [-0.2, -0.15) is 0 Å². The standard InChI is InChI=1S/C16H25N3O3/c1-12(16(2,3)21)18-15(20)14-5-4-13(10-17-14)11-19-6-8-22-9-7-19/h4-5,10,12,21H,6-9,11H2,1-3H3,(H,18,20)/t12-/m0/s1. The van der Waals surface area contributed by atoms with Gasteiger partial charge in [-0.3, -0.25) is 14.7 Å². The molecule has 6 nitrogen and oxygen atoms in total. The lowest BCUT2D eigenvalue weighted by molar-refractivity contribution is 0.0341. The molecule has 0 saturated carbocycles. The molecule has 1 amide bonds. The van der Waals surface area contributed by atoms with Gasteiger partial charge in [0, 0.05) is 25.8 Å². The lowest BCUT2D eigenvalue weighted by atomic mass is 10.0. The molecule has 1 aromatic heterocycles. The van der Waals surface area contributed by atoms with Gasteiger partial charge in [-0.1, -0.05) is 6.07 Å². The van der Waals surface area contributed by atoms with E-state index < -0.39 is 5.60 Å². The second-order valence-corrected chi connectivity index (χ2v) is 6.29. The van der Waals surface area contributed by atoms with Crippen molar-refractivity contribution in [1.82, 2.24) is 15.2 Å². The Morgan fingerprint density at radius 3 is 2.68 bits per heavy atom. The molecular weight excluding hydrogens is 282 g/mol. The Labute approximate surface area is 131 Å². The van der Waals surface area contributed by atoms with Crippen molar-refractivity contribution in [2.24, 2.45) is 0 Å². The number of carbonyl (C=O) groups excluding carboxylic acids is 1. The minimum Gasteiger partial charge on any atom is -0.388 e. The number of aliphatic hydroxyl groups is 1. The number of carbonyl (C=O) groups is 1. The molecule has 1 aliphatic rings. The monoisotopic (exact) mass is 307 g/mol. The fourth-order valence-electron chi connectivity index (χ4n) is 2.12. The van der Waals surface area contributed by atoms with Crippen LogP contribution >= 0.6 is 0 Å². The first kappa shape index (κ1) is 16.9. The van der Waals surface area contributed by atoms with E-state index in [2.05, 4.69) is 15.2 Å². The number of amides is 1. The Bertz CT molecular complexity index is 490. The molecule has 0 aromatic carbocycles. The van der Waals surface area contributed by atoms with E-state index in [-0.39, 0.29) is 11.9 Å². The van der Waals surface area contributed by atoms with Gasteiger partial charge in [0.05, 0.1) is 24.9 Å². The van der Waals surface area contributed by atoms with Crippen molar-refractivity contribution in [3.05, 3.63) is 29.6 Å². The van der Waals surface area contributed by atoms with Crippen molar-refractivity contribution in [2.75, 3.05) is 26.3 Å². The normalized spacial score (nSPS) is 18.0. The summed E-state index contributed by atoms with van der Waals surface area (Å²) in [5.41, 5.74) is 0.474. The van der Waals surface area contributed by atoms with Crippen LogP contribution in [0.2, 0.25) is 0 Å². The van der Waals surface area contributed by atoms with Crippen molar-refractivity contribution in [3.8, 4) is 0 Å². The highest BCUT2D eigenvalue weighted by atomic mass is 16.5. The van der Waals surface area contributed by atoms with Gasteiger partial charge < -0.3 is 15.2 Å². The smallest absolute Gasteiger partial charge is 0.270 e. The topological polar surface area (TPSA) is 74.7 Å². The summed E-state index contributed by atoms with van der Waals surface area (Å²) in [5.74, 6) is -0.271. The summed E-state index contributed by atoms with van der Waals surface area (Å²) in [5, 5.41) is 12.6. The molecule has 2 heterocycles. The van der Waals surface area contributed by atoms with Gasteiger partial charge in [0.15, 0.2) is 0 Å². The molecule has 2 rings (SSSR count). The van der Waals surface area contributed by atoms with Crippen LogP contribution in [-0.2, 0) is 11.3 Å². The predicted molar refractivity (Wildman–Crippen MR) is 83.6 cm³/mol. The number of hydrogen-bond donors (Lipinski definition) is 2. The zero-order chi connectivity index (χ0) is 16.2. The highest BCUT2D eigenvalue weighted by Crippen LogP contribution is 2.10. The number of rotatable bonds is 5. The molecule has 1 aromatic rings. The molecule has 0 spiro atoms. The van der Waals surface area contributed by atoms with Crippen LogP contribution in [0, 0.1) is 0 Å². The lowest BCUT2D eigenvalue weighted by Crippen LogP contribution is -2.47. The van der Waals surface area contributed by atoms with Crippen LogP contribution in [0.15, 0.2) is 18.3 Å². The van der Waals surface area contributed by atoms with Crippen molar-refractivity contribution in [2.45, 2.75) is 39.0 Å². The molecular formula is C16H25N3O3. The molecule has 2 N–H and O–H groups in total. The Morgan fingerprint density at radius 1 is 1.45 bits per heavy atom. The number of morpholine rings is 1. The zero-order valence-corrected chi connectivity index (χ0v) is 13.5. The Hall–Kier alpha value is -1.50. The summed E-state index contributed by atoms with van der Waals surface area (Å²) in [6, 6.07) is 3.30. The van der Waals surface area contributed by atoms with E-state index in [1.165, 1.54) is 0 Å². The summed E-state index contributed by atoms with van der Waals surface area (Å²) >= 11 is 0. The number of ether oxygens (including phenoxy) is 1. The molecule has 0 radical (unpaired) electrons. The molecule has 0 aliphatic carbocycles. The first-order valence-electron chi connectivity index (χ1n) is 7.64. The fraction of sp³-hybridized carbons (Fsp3) is 0.625. The maximum atomic E-state index is 12.1. The van der Waals surface area contributed by atoms with Gasteiger partial charge in [-0.05, 0) is 32.4 Å². The minimum absolute atomic E-state index is 0.271. The molecule has 22 heavy (non-hydrogen) atoms. The largest absolute Gasteiger partial charge is 0.388 e. The lowest BCUT2D eigenvalue weighted by Gasteiger charge is -2.27. The Kier molecular flexibility index (Phi) is 5.50. The van der Waals surface area contributed by atoms with Crippen molar-refractivity contribution >= 4 is 5.91 Å². The van der Waals surface area contributed by atoms with Gasteiger partial charge in [0.25, 0.3) is 5.91 Å². The fourth-order valence-corrected chi connectivity index (χ4v) is 2.12. The van der Waals surface area contributed by atoms with Crippen LogP contribution in [0.25, 0.3) is 0 Å². The third-order valence-electron chi connectivity index (χ3n) is 3.97. The number of pyridine rings is 1. The van der Waals surface area contributed by atoms with Crippen molar-refractivity contribution < 1.29 is 14.6 Å². The van der Waals surface area contributed by atoms with E-state index in [0.29, 0.717) is 5.69 Å². The maximum Gasteiger partial charge on any atom is 0.270 e. The van der Waals surface area contributed by atoms with Gasteiger partial charge in [0.2, 0.25) is 0 Å². The summed E-state index contributed by atoms with van der Waals surface area (Å²) < 4.78 is 5.32. The Balaban J connectivity index is 1.92. The summed E-state index contributed by atoms with van der Waals surface area (Å²) in [7, 11) is 0. The second-order valence-electron chi connectivity index (χ2n) is 6.29. The molecule has 1 saturated heterocycles. The van der Waals surface area contributed by atoms with Crippen LogP contribution < -0.4 is 5.32 Å². The Morgan fingerprint density at radius 2 is 2.14 bits per heavy atom. The summed E-state index contributed by atoms with van der Waals surface area (Å²) in [6.07, 6.45) is 1.74. The quantitative estimate of drug-likeness (QED) is 0.842. The number of aromatic nitrogens is 1. The third-order valence-corrected chi connectivity index (χ3v) is 3.97. The van der Waals surface area contributed by atoms with E-state index in [1.807, 2.05) is 6.07 Å². The molecule has 0 unspecified atom stereocenters. The third kappa shape index (κ3) is 4.76. The van der Waals surface area contributed by atoms with Gasteiger partial charge in [-0.25, -0.2) is 0 Å². The number of hydrogen-bond acceptors (Lipinski definition) is 5. The van der Waals surface area contributed by atoms with Crippen LogP contribution in [-0.4, -0.2) is 58.8 Å². The van der Waals surface area contributed by atoms with E-state index in [0.717, 1.165) is 38.4 Å². The van der Waals surface area contributed by atoms with Crippen LogP contribution in [0.1, 0.15) is 36.8 Å². The van der Waals surface area contributed by atoms with E-state index in [1.54, 1.807) is 33.0 Å². The van der Waals surface area contributed by atoms with Crippen LogP contribution in [0.5, 0.6) is 0 Å². The molecule has 1 atom stereocenters. The SMILES string of the molecule is C[C@H](NC(=O)c1ccc(CN2CCOCC2)cn1)C(C)(C)O.